The molecule has 0 saturated heterocycles. The van der Waals surface area contributed by atoms with Gasteiger partial charge in [0.2, 0.25) is 5.91 Å². The molecule has 0 bridgehead atoms. The van der Waals surface area contributed by atoms with Crippen LogP contribution in [0.5, 0.6) is 5.75 Å². The van der Waals surface area contributed by atoms with Crippen LogP contribution in [-0.2, 0) is 25.6 Å². The molecule has 256 valence electrons. The van der Waals surface area contributed by atoms with Crippen molar-refractivity contribution in [3.05, 3.63) is 42.0 Å². The third kappa shape index (κ3) is 15.9. The van der Waals surface area contributed by atoms with E-state index in [1.54, 1.807) is 31.2 Å². The fourth-order valence-corrected chi connectivity index (χ4v) is 4.95. The lowest BCUT2D eigenvalue weighted by Gasteiger charge is -2.29. The number of unbranched alkanes of at least 4 members (excludes halogenated alkanes) is 8. The third-order valence-electron chi connectivity index (χ3n) is 7.64. The number of nitrogens with one attached hydrogen (secondary N) is 1. The molecule has 0 aliphatic heterocycles. The monoisotopic (exact) mass is 647 g/mol. The zero-order chi connectivity index (χ0) is 34.4. The molecular weight excluding hydrogens is 597 g/mol. The molecule has 1 amide bonds. The Morgan fingerprint density at radius 2 is 1.57 bits per heavy atom. The Kier molecular flexibility index (Phi) is 19.7. The van der Waals surface area contributed by atoms with Crippen LogP contribution >= 0.6 is 0 Å². The first-order valence-electron chi connectivity index (χ1n) is 16.1. The quantitative estimate of drug-likeness (QED) is 0.0507. The number of hydrogen-bond donors (Lipinski definition) is 5. The molecule has 1 rings (SSSR count). The zero-order valence-corrected chi connectivity index (χ0v) is 27.0. The minimum absolute atomic E-state index is 0.171. The minimum atomic E-state index is -3.03. The topological polar surface area (TPSA) is 170 Å². The van der Waals surface area contributed by atoms with Crippen molar-refractivity contribution in [1.82, 2.24) is 5.32 Å². The normalized spacial score (nSPS) is 14.3. The summed E-state index contributed by atoms with van der Waals surface area (Å²) in [6, 6.07) is 4.93. The molecule has 1 aromatic rings. The fourth-order valence-electron chi connectivity index (χ4n) is 4.95. The standard InChI is InChI=1S/C35H50FNO9/c1-3-5-7-10-13-16-27(36)17-14-11-8-9-12-15-18-29(35(45,34(43)44)25-31(38)39)32(40)37-30(33(41)42)24-26-19-21-28(22-20-26)46-23-6-4-2/h15,18-22,27,29-30,45H,3,5,7-14,16-17,23-25H2,1-2H3,(H,37,40)(H,38,39)(H,41,42)(H,43,44)/b18-15+/t27?,29-,30+,35+/m1/s1. The van der Waals surface area contributed by atoms with Crippen LogP contribution < -0.4 is 10.1 Å². The summed E-state index contributed by atoms with van der Waals surface area (Å²) >= 11 is 0. The molecule has 10 nitrogen and oxygen atoms in total. The van der Waals surface area contributed by atoms with E-state index in [0.717, 1.165) is 51.0 Å². The average molecular weight is 648 g/mol. The SMILES string of the molecule is CC#CCOc1ccc(C[C@H](NC(=O)[C@@H](/C=C/CCCCCCC(F)CCCCCCC)[C@@](O)(CC(=O)O)C(=O)O)C(=O)O)cc1. The molecule has 1 unspecified atom stereocenters. The second kappa shape index (κ2) is 22.6. The number of aliphatic carboxylic acids is 3. The Morgan fingerprint density at radius 1 is 0.957 bits per heavy atom. The molecule has 4 atom stereocenters. The van der Waals surface area contributed by atoms with Crippen molar-refractivity contribution in [3.63, 3.8) is 0 Å². The highest BCUT2D eigenvalue weighted by atomic mass is 19.1. The van der Waals surface area contributed by atoms with Gasteiger partial charge in [0.05, 0.1) is 12.3 Å². The summed E-state index contributed by atoms with van der Waals surface area (Å²) in [5.41, 5.74) is -2.50. The van der Waals surface area contributed by atoms with E-state index in [1.807, 2.05) is 0 Å². The number of carboxylic acids is 3. The first-order chi connectivity index (χ1) is 21.9. The van der Waals surface area contributed by atoms with Gasteiger partial charge in [-0.25, -0.2) is 14.0 Å². The molecule has 11 heteroatoms. The van der Waals surface area contributed by atoms with Crippen LogP contribution in [0.25, 0.3) is 0 Å². The van der Waals surface area contributed by atoms with Crippen molar-refractivity contribution >= 4 is 23.8 Å². The summed E-state index contributed by atoms with van der Waals surface area (Å²) in [7, 11) is 0. The molecule has 0 spiro atoms. The van der Waals surface area contributed by atoms with E-state index >= 15 is 0 Å². The molecule has 0 aromatic heterocycles. The smallest absolute Gasteiger partial charge is 0.337 e. The summed E-state index contributed by atoms with van der Waals surface area (Å²) in [6.45, 7) is 4.00. The first kappa shape index (κ1) is 40.1. The first-order valence-corrected chi connectivity index (χ1v) is 16.1. The lowest BCUT2D eigenvalue weighted by atomic mass is 9.82. The number of alkyl halides is 1. The fraction of sp³-hybridized carbons (Fsp3) is 0.600. The van der Waals surface area contributed by atoms with E-state index in [2.05, 4.69) is 24.1 Å². The Labute approximate surface area is 271 Å². The minimum Gasteiger partial charge on any atom is -0.481 e. The summed E-state index contributed by atoms with van der Waals surface area (Å²) in [5.74, 6) is -2.05. The van der Waals surface area contributed by atoms with Gasteiger partial charge in [-0.3, -0.25) is 9.59 Å². The highest BCUT2D eigenvalue weighted by Crippen LogP contribution is 2.26. The van der Waals surface area contributed by atoms with E-state index in [-0.39, 0.29) is 13.0 Å². The highest BCUT2D eigenvalue weighted by Gasteiger charge is 2.49. The second-order valence-electron chi connectivity index (χ2n) is 11.5. The van der Waals surface area contributed by atoms with E-state index < -0.39 is 54.0 Å². The summed E-state index contributed by atoms with van der Waals surface area (Å²) < 4.78 is 19.5. The average Bonchev–Trinajstić information content (AvgIpc) is 3.00. The number of carbonyl (C=O) groups excluding carboxylic acids is 1. The predicted octanol–water partition coefficient (Wildman–Crippen LogP) is 5.70. The van der Waals surface area contributed by atoms with Crippen LogP contribution in [0.1, 0.15) is 103 Å². The maximum atomic E-state index is 14.1. The summed E-state index contributed by atoms with van der Waals surface area (Å²) in [5, 5.41) is 41.9. The van der Waals surface area contributed by atoms with Crippen LogP contribution in [-0.4, -0.2) is 68.7 Å². The predicted molar refractivity (Wildman–Crippen MR) is 172 cm³/mol. The maximum absolute atomic E-state index is 14.1. The molecule has 0 fully saturated rings. The van der Waals surface area contributed by atoms with Gasteiger partial charge in [0, 0.05) is 6.42 Å². The van der Waals surface area contributed by atoms with Crippen molar-refractivity contribution < 1.29 is 48.7 Å². The molecule has 46 heavy (non-hydrogen) atoms. The van der Waals surface area contributed by atoms with Gasteiger partial charge in [-0.2, -0.15) is 0 Å². The number of hydrogen-bond acceptors (Lipinski definition) is 6. The third-order valence-corrected chi connectivity index (χ3v) is 7.64. The van der Waals surface area contributed by atoms with Crippen LogP contribution in [0.15, 0.2) is 36.4 Å². The zero-order valence-electron chi connectivity index (χ0n) is 27.0. The number of halogens is 1. The summed E-state index contributed by atoms with van der Waals surface area (Å²) in [6.07, 6.45) is 10.2. The maximum Gasteiger partial charge on any atom is 0.337 e. The Bertz CT molecular complexity index is 1170. The molecule has 0 heterocycles. The van der Waals surface area contributed by atoms with Crippen LogP contribution in [0.4, 0.5) is 4.39 Å². The Hall–Kier alpha value is -3.91. The van der Waals surface area contributed by atoms with Gasteiger partial charge in [-0.1, -0.05) is 88.5 Å². The molecule has 0 aliphatic carbocycles. The van der Waals surface area contributed by atoms with Crippen LogP contribution in [0.3, 0.4) is 0 Å². The Balaban J connectivity index is 2.82. The van der Waals surface area contributed by atoms with Gasteiger partial charge in [0.25, 0.3) is 0 Å². The van der Waals surface area contributed by atoms with Gasteiger partial charge >= 0.3 is 17.9 Å². The molecule has 0 saturated carbocycles. The van der Waals surface area contributed by atoms with Crippen molar-refractivity contribution in [2.45, 2.75) is 122 Å². The van der Waals surface area contributed by atoms with Crippen molar-refractivity contribution in [1.29, 1.82) is 0 Å². The van der Waals surface area contributed by atoms with E-state index in [1.165, 1.54) is 12.5 Å². The molecular formula is C35H50FNO9. The van der Waals surface area contributed by atoms with Gasteiger partial charge in [0.1, 0.15) is 24.6 Å². The number of aliphatic hydroxyl groups is 1. The van der Waals surface area contributed by atoms with Gasteiger partial charge in [0.15, 0.2) is 5.60 Å². The van der Waals surface area contributed by atoms with Crippen LogP contribution in [0.2, 0.25) is 0 Å². The van der Waals surface area contributed by atoms with Crippen molar-refractivity contribution in [3.8, 4) is 17.6 Å². The lowest BCUT2D eigenvalue weighted by Crippen LogP contribution is -2.55. The van der Waals surface area contributed by atoms with Gasteiger partial charge < -0.3 is 30.5 Å². The Morgan fingerprint density at radius 3 is 2.11 bits per heavy atom. The molecule has 0 radical (unpaired) electrons. The van der Waals surface area contributed by atoms with Crippen LogP contribution in [0, 0.1) is 17.8 Å². The number of benzene rings is 1. The molecule has 0 aliphatic rings. The van der Waals surface area contributed by atoms with Gasteiger partial charge in [-0.05, 0) is 50.3 Å². The summed E-state index contributed by atoms with van der Waals surface area (Å²) in [4.78, 5) is 48.7. The van der Waals surface area contributed by atoms with E-state index in [4.69, 9.17) is 4.74 Å². The van der Waals surface area contributed by atoms with E-state index in [0.29, 0.717) is 37.0 Å². The second-order valence-corrected chi connectivity index (χ2v) is 11.5. The highest BCUT2D eigenvalue weighted by molar-refractivity contribution is 5.94. The number of carbonyl (C=O) groups is 4. The number of carboxylic acid groups (broad SMARTS) is 3. The molecule has 5 N–H and O–H groups in total. The lowest BCUT2D eigenvalue weighted by molar-refractivity contribution is -0.172. The number of rotatable bonds is 25. The van der Waals surface area contributed by atoms with Crippen molar-refractivity contribution in [2.75, 3.05) is 6.61 Å². The number of amides is 1. The van der Waals surface area contributed by atoms with Gasteiger partial charge in [-0.15, -0.1) is 5.92 Å². The van der Waals surface area contributed by atoms with Crippen molar-refractivity contribution in [2.24, 2.45) is 5.92 Å². The number of ether oxygens (including phenoxy) is 1. The largest absolute Gasteiger partial charge is 0.481 e. The molecule has 1 aromatic carbocycles. The number of allylic oxidation sites excluding steroid dienone is 1. The van der Waals surface area contributed by atoms with E-state index in [9.17, 15) is 44.0 Å².